The first-order chi connectivity index (χ1) is 12.8. The maximum absolute atomic E-state index is 5.21. The number of benzene rings is 2. The molecule has 0 radical (unpaired) electrons. The van der Waals surface area contributed by atoms with Crippen molar-refractivity contribution in [3.8, 4) is 16.3 Å². The number of para-hydroxylation sites is 1. The highest BCUT2D eigenvalue weighted by Gasteiger charge is 2.07. The van der Waals surface area contributed by atoms with Gasteiger partial charge in [0, 0.05) is 34.0 Å². The van der Waals surface area contributed by atoms with E-state index < -0.39 is 0 Å². The fourth-order valence-electron chi connectivity index (χ4n) is 2.79. The van der Waals surface area contributed by atoms with E-state index in [2.05, 4.69) is 46.8 Å². The number of pyridine rings is 1. The van der Waals surface area contributed by atoms with Crippen molar-refractivity contribution in [1.82, 2.24) is 9.97 Å². The zero-order valence-electron chi connectivity index (χ0n) is 14.4. The highest BCUT2D eigenvalue weighted by atomic mass is 32.2. The molecule has 3 nitrogen and oxygen atoms in total. The van der Waals surface area contributed by atoms with Crippen molar-refractivity contribution < 1.29 is 4.74 Å². The Morgan fingerprint density at radius 1 is 1.00 bits per heavy atom. The molecule has 4 rings (SSSR count). The summed E-state index contributed by atoms with van der Waals surface area (Å²) in [7, 11) is 1.68. The molecular weight excluding hydrogens is 360 g/mol. The van der Waals surface area contributed by atoms with E-state index in [9.17, 15) is 0 Å². The molecule has 0 amide bonds. The molecular formula is C21H18N2OS2. The Bertz CT molecular complexity index is 1010. The topological polar surface area (TPSA) is 35.0 Å². The van der Waals surface area contributed by atoms with Crippen molar-refractivity contribution in [2.45, 2.75) is 11.5 Å². The molecule has 0 aliphatic carbocycles. The van der Waals surface area contributed by atoms with E-state index in [0.717, 1.165) is 39.0 Å². The molecule has 2 aromatic heterocycles. The summed E-state index contributed by atoms with van der Waals surface area (Å²) in [6, 6.07) is 18.5. The van der Waals surface area contributed by atoms with Crippen LogP contribution in [-0.2, 0) is 11.5 Å². The Labute approximate surface area is 161 Å². The molecule has 26 heavy (non-hydrogen) atoms. The van der Waals surface area contributed by atoms with Crippen LogP contribution in [0.5, 0.6) is 5.75 Å². The lowest BCUT2D eigenvalue weighted by Gasteiger charge is -2.04. The van der Waals surface area contributed by atoms with Crippen LogP contribution in [0.1, 0.15) is 11.3 Å². The summed E-state index contributed by atoms with van der Waals surface area (Å²) in [5, 5.41) is 4.39. The van der Waals surface area contributed by atoms with Gasteiger partial charge in [-0.1, -0.05) is 24.3 Å². The minimum Gasteiger partial charge on any atom is -0.497 e. The Balaban J connectivity index is 1.41. The van der Waals surface area contributed by atoms with Gasteiger partial charge in [0.15, 0.2) is 0 Å². The SMILES string of the molecule is COc1ccc(-c2nc(CSCc3cccc4cccnc34)cs2)cc1. The molecule has 0 aliphatic heterocycles. The van der Waals surface area contributed by atoms with Gasteiger partial charge in [-0.25, -0.2) is 4.98 Å². The Morgan fingerprint density at radius 3 is 2.69 bits per heavy atom. The smallest absolute Gasteiger partial charge is 0.123 e. The minimum atomic E-state index is 0.866. The van der Waals surface area contributed by atoms with Crippen molar-refractivity contribution in [3.63, 3.8) is 0 Å². The Hall–Kier alpha value is -2.37. The van der Waals surface area contributed by atoms with E-state index in [1.165, 1.54) is 10.9 Å². The van der Waals surface area contributed by atoms with Gasteiger partial charge in [-0.15, -0.1) is 11.3 Å². The van der Waals surface area contributed by atoms with Crippen LogP contribution in [0.3, 0.4) is 0 Å². The molecule has 2 aromatic carbocycles. The lowest BCUT2D eigenvalue weighted by Crippen LogP contribution is -1.88. The maximum atomic E-state index is 5.21. The molecule has 0 spiro atoms. The summed E-state index contributed by atoms with van der Waals surface area (Å²) in [6.45, 7) is 0. The highest BCUT2D eigenvalue weighted by Crippen LogP contribution is 2.28. The third-order valence-electron chi connectivity index (χ3n) is 4.11. The molecule has 2 heterocycles. The first-order valence-electron chi connectivity index (χ1n) is 8.33. The number of thiazole rings is 1. The van der Waals surface area contributed by atoms with Crippen molar-refractivity contribution >= 4 is 34.0 Å². The van der Waals surface area contributed by atoms with Gasteiger partial charge in [0.25, 0.3) is 0 Å². The number of nitrogens with zero attached hydrogens (tertiary/aromatic N) is 2. The molecule has 0 atom stereocenters. The van der Waals surface area contributed by atoms with Gasteiger partial charge in [-0.3, -0.25) is 4.98 Å². The predicted octanol–water partition coefficient (Wildman–Crippen LogP) is 5.80. The van der Waals surface area contributed by atoms with Crippen LogP contribution in [0.2, 0.25) is 0 Å². The highest BCUT2D eigenvalue weighted by molar-refractivity contribution is 7.97. The zero-order chi connectivity index (χ0) is 17.8. The minimum absolute atomic E-state index is 0.866. The second kappa shape index (κ2) is 7.89. The quantitative estimate of drug-likeness (QED) is 0.425. The fraction of sp³-hybridized carbons (Fsp3) is 0.143. The van der Waals surface area contributed by atoms with Crippen LogP contribution in [0.4, 0.5) is 0 Å². The molecule has 0 fully saturated rings. The van der Waals surface area contributed by atoms with E-state index in [4.69, 9.17) is 9.72 Å². The molecule has 4 aromatic rings. The summed E-state index contributed by atoms with van der Waals surface area (Å²) in [4.78, 5) is 9.30. The van der Waals surface area contributed by atoms with Gasteiger partial charge in [-0.2, -0.15) is 11.8 Å². The number of fused-ring (bicyclic) bond motifs is 1. The van der Waals surface area contributed by atoms with Gasteiger partial charge >= 0.3 is 0 Å². The van der Waals surface area contributed by atoms with Crippen LogP contribution in [0.15, 0.2) is 66.2 Å². The van der Waals surface area contributed by atoms with Crippen molar-refractivity contribution in [2.75, 3.05) is 7.11 Å². The van der Waals surface area contributed by atoms with Crippen LogP contribution in [0, 0.1) is 0 Å². The Kier molecular flexibility index (Phi) is 5.18. The van der Waals surface area contributed by atoms with E-state index in [1.54, 1.807) is 18.4 Å². The molecule has 0 N–H and O–H groups in total. The molecule has 0 unspecified atom stereocenters. The van der Waals surface area contributed by atoms with Gasteiger partial charge < -0.3 is 4.74 Å². The van der Waals surface area contributed by atoms with Crippen LogP contribution in [0.25, 0.3) is 21.5 Å². The van der Waals surface area contributed by atoms with Crippen molar-refractivity contribution in [1.29, 1.82) is 0 Å². The van der Waals surface area contributed by atoms with E-state index in [-0.39, 0.29) is 0 Å². The third kappa shape index (κ3) is 3.74. The predicted molar refractivity (Wildman–Crippen MR) is 111 cm³/mol. The van der Waals surface area contributed by atoms with E-state index in [0.29, 0.717) is 0 Å². The third-order valence-corrected chi connectivity index (χ3v) is 6.07. The average molecular weight is 379 g/mol. The second-order valence-corrected chi connectivity index (χ2v) is 7.70. The summed E-state index contributed by atoms with van der Waals surface area (Å²) in [5.41, 5.74) is 4.63. The molecule has 0 bridgehead atoms. The largest absolute Gasteiger partial charge is 0.497 e. The van der Waals surface area contributed by atoms with Crippen LogP contribution >= 0.6 is 23.1 Å². The second-order valence-electron chi connectivity index (χ2n) is 5.86. The molecule has 0 saturated heterocycles. The number of hydrogen-bond acceptors (Lipinski definition) is 5. The monoisotopic (exact) mass is 378 g/mol. The van der Waals surface area contributed by atoms with Gasteiger partial charge in [0.05, 0.1) is 18.3 Å². The summed E-state index contributed by atoms with van der Waals surface area (Å²) >= 11 is 3.56. The van der Waals surface area contributed by atoms with Crippen molar-refractivity contribution in [2.24, 2.45) is 0 Å². The van der Waals surface area contributed by atoms with Crippen LogP contribution < -0.4 is 4.74 Å². The Morgan fingerprint density at radius 2 is 1.85 bits per heavy atom. The maximum Gasteiger partial charge on any atom is 0.123 e. The van der Waals surface area contributed by atoms with Gasteiger partial charge in [0.2, 0.25) is 0 Å². The number of aromatic nitrogens is 2. The molecule has 0 aliphatic rings. The summed E-state index contributed by atoms with van der Waals surface area (Å²) in [6.07, 6.45) is 1.86. The summed E-state index contributed by atoms with van der Waals surface area (Å²) < 4.78 is 5.21. The summed E-state index contributed by atoms with van der Waals surface area (Å²) in [5.74, 6) is 2.70. The van der Waals surface area contributed by atoms with Gasteiger partial charge in [-0.05, 0) is 35.9 Å². The standard InChI is InChI=1S/C21H18N2OS2/c1-24-19-9-7-16(8-10-19)21-23-18(14-26-21)13-25-12-17-5-2-4-15-6-3-11-22-20(15)17/h2-11,14H,12-13H2,1H3. The zero-order valence-corrected chi connectivity index (χ0v) is 16.0. The number of hydrogen-bond donors (Lipinski definition) is 0. The molecule has 130 valence electrons. The van der Waals surface area contributed by atoms with Gasteiger partial charge in [0.1, 0.15) is 10.8 Å². The number of methoxy groups -OCH3 is 1. The van der Waals surface area contributed by atoms with E-state index in [1.807, 2.05) is 36.2 Å². The number of thioether (sulfide) groups is 1. The lowest BCUT2D eigenvalue weighted by molar-refractivity contribution is 0.415. The van der Waals surface area contributed by atoms with E-state index >= 15 is 0 Å². The number of ether oxygens (including phenoxy) is 1. The van der Waals surface area contributed by atoms with Crippen LogP contribution in [-0.4, -0.2) is 17.1 Å². The number of rotatable bonds is 6. The molecule has 0 saturated carbocycles. The fourth-order valence-corrected chi connectivity index (χ4v) is 4.63. The molecule has 5 heteroatoms. The first kappa shape index (κ1) is 17.1. The first-order valence-corrected chi connectivity index (χ1v) is 10.4. The lowest BCUT2D eigenvalue weighted by atomic mass is 10.1. The normalized spacial score (nSPS) is 11.0. The average Bonchev–Trinajstić information content (AvgIpc) is 3.17. The van der Waals surface area contributed by atoms with Crippen molar-refractivity contribution in [3.05, 3.63) is 77.4 Å².